The molecular weight excluding hydrogens is 390 g/mol. The molecule has 0 unspecified atom stereocenters. The molecule has 6 nitrogen and oxygen atoms in total. The second-order valence-electron chi connectivity index (χ2n) is 6.74. The number of hydrogen-bond donors (Lipinski definition) is 1. The average molecular weight is 414 g/mol. The van der Waals surface area contributed by atoms with Crippen molar-refractivity contribution in [3.05, 3.63) is 69.2 Å². The van der Waals surface area contributed by atoms with E-state index in [2.05, 4.69) is 9.97 Å². The molecule has 3 aromatic rings. The van der Waals surface area contributed by atoms with Gasteiger partial charge in [0.25, 0.3) is 11.5 Å². The minimum absolute atomic E-state index is 0.0688. The molecule has 0 radical (unpaired) electrons. The topological polar surface area (TPSA) is 75.3 Å². The molecule has 0 spiro atoms. The van der Waals surface area contributed by atoms with E-state index in [0.29, 0.717) is 34.0 Å². The highest BCUT2D eigenvalue weighted by Gasteiger charge is 2.16. The Bertz CT molecular complexity index is 1060. The van der Waals surface area contributed by atoms with E-state index in [1.807, 2.05) is 38.1 Å². The van der Waals surface area contributed by atoms with Crippen LogP contribution in [-0.2, 0) is 17.8 Å². The van der Waals surface area contributed by atoms with Crippen molar-refractivity contribution in [3.63, 3.8) is 0 Å². The van der Waals surface area contributed by atoms with Gasteiger partial charge in [0, 0.05) is 11.6 Å². The Morgan fingerprint density at radius 3 is 2.76 bits per heavy atom. The second-order valence-corrected chi connectivity index (χ2v) is 7.18. The quantitative estimate of drug-likeness (QED) is 0.606. The van der Waals surface area contributed by atoms with Gasteiger partial charge in [-0.2, -0.15) is 0 Å². The molecule has 1 N–H and O–H groups in total. The number of aryl methyl sites for hydroxylation is 1. The van der Waals surface area contributed by atoms with Crippen molar-refractivity contribution in [2.45, 2.75) is 33.2 Å². The number of fused-ring (bicyclic) bond motifs is 1. The number of H-pyrrole nitrogens is 1. The number of rotatable bonds is 8. The van der Waals surface area contributed by atoms with Crippen LogP contribution in [0.25, 0.3) is 10.9 Å². The van der Waals surface area contributed by atoms with Gasteiger partial charge in [0.2, 0.25) is 0 Å². The second kappa shape index (κ2) is 9.56. The van der Waals surface area contributed by atoms with Gasteiger partial charge in [0.15, 0.2) is 6.61 Å². The monoisotopic (exact) mass is 413 g/mol. The van der Waals surface area contributed by atoms with E-state index in [4.69, 9.17) is 16.3 Å². The van der Waals surface area contributed by atoms with Gasteiger partial charge in [-0.3, -0.25) is 9.59 Å². The van der Waals surface area contributed by atoms with Gasteiger partial charge in [-0.15, -0.1) is 0 Å². The van der Waals surface area contributed by atoms with E-state index in [9.17, 15) is 9.59 Å². The van der Waals surface area contributed by atoms with E-state index < -0.39 is 0 Å². The maximum atomic E-state index is 12.8. The summed E-state index contributed by atoms with van der Waals surface area (Å²) in [7, 11) is 0. The molecule has 2 aromatic carbocycles. The molecule has 0 saturated heterocycles. The molecule has 7 heteroatoms. The number of amides is 1. The number of halogens is 1. The summed E-state index contributed by atoms with van der Waals surface area (Å²) in [6, 6.07) is 12.6. The van der Waals surface area contributed by atoms with Crippen LogP contribution in [0.3, 0.4) is 0 Å². The van der Waals surface area contributed by atoms with Gasteiger partial charge in [0.05, 0.1) is 17.4 Å². The van der Waals surface area contributed by atoms with E-state index >= 15 is 0 Å². The number of ether oxygens (including phenoxy) is 1. The summed E-state index contributed by atoms with van der Waals surface area (Å²) in [5.41, 5.74) is 1.31. The van der Waals surface area contributed by atoms with E-state index in [1.54, 1.807) is 23.1 Å². The van der Waals surface area contributed by atoms with Crippen LogP contribution in [0.15, 0.2) is 47.3 Å². The first-order valence-corrected chi connectivity index (χ1v) is 10.1. The summed E-state index contributed by atoms with van der Waals surface area (Å²) in [5, 5.41) is 0.969. The van der Waals surface area contributed by atoms with Crippen molar-refractivity contribution < 1.29 is 9.53 Å². The molecule has 0 aliphatic rings. The third-order valence-corrected chi connectivity index (χ3v) is 4.84. The van der Waals surface area contributed by atoms with Gasteiger partial charge in [-0.05, 0) is 42.7 Å². The van der Waals surface area contributed by atoms with Crippen molar-refractivity contribution in [1.29, 1.82) is 0 Å². The first kappa shape index (κ1) is 20.9. The van der Waals surface area contributed by atoms with E-state index in [0.717, 1.165) is 18.4 Å². The predicted octanol–water partition coefficient (Wildman–Crippen LogP) is 3.96. The number of nitrogens with one attached hydrogen (secondary N) is 1. The normalized spacial score (nSPS) is 10.9. The van der Waals surface area contributed by atoms with Gasteiger partial charge in [0.1, 0.15) is 11.6 Å². The molecular formula is C22H24ClN3O3. The summed E-state index contributed by atoms with van der Waals surface area (Å²) >= 11 is 6.02. The molecule has 1 heterocycles. The Kier molecular flexibility index (Phi) is 6.88. The first-order valence-electron chi connectivity index (χ1n) is 9.68. The SMILES string of the molecule is CCCN(Cc1nc2cc(Cl)ccc2c(=O)[nH]1)C(=O)COc1ccccc1CC. The standard InChI is InChI=1S/C22H24ClN3O3/c1-3-11-26(21(27)14-29-19-8-6-5-7-15(19)4-2)13-20-24-18-12-16(23)9-10-17(18)22(28)25-20/h5-10,12H,3-4,11,13-14H2,1-2H3,(H,24,25,28). The van der Waals surface area contributed by atoms with Gasteiger partial charge in [-0.25, -0.2) is 4.98 Å². The summed E-state index contributed by atoms with van der Waals surface area (Å²) in [4.78, 5) is 34.0. The van der Waals surface area contributed by atoms with E-state index in [1.165, 1.54) is 0 Å². The highest BCUT2D eigenvalue weighted by Crippen LogP contribution is 2.19. The molecule has 0 fully saturated rings. The Labute approximate surface area is 174 Å². The highest BCUT2D eigenvalue weighted by atomic mass is 35.5. The lowest BCUT2D eigenvalue weighted by atomic mass is 10.1. The molecule has 152 valence electrons. The van der Waals surface area contributed by atoms with Crippen molar-refractivity contribution in [2.24, 2.45) is 0 Å². The summed E-state index contributed by atoms with van der Waals surface area (Å²) < 4.78 is 5.76. The van der Waals surface area contributed by atoms with Gasteiger partial charge >= 0.3 is 0 Å². The molecule has 29 heavy (non-hydrogen) atoms. The number of benzene rings is 2. The van der Waals surface area contributed by atoms with Gasteiger partial charge in [-0.1, -0.05) is 43.6 Å². The van der Waals surface area contributed by atoms with Crippen molar-refractivity contribution in [3.8, 4) is 5.75 Å². The maximum Gasteiger partial charge on any atom is 0.260 e. The average Bonchev–Trinajstić information content (AvgIpc) is 2.71. The molecule has 1 aromatic heterocycles. The first-order chi connectivity index (χ1) is 14.0. The molecule has 0 aliphatic heterocycles. The van der Waals surface area contributed by atoms with Crippen LogP contribution in [-0.4, -0.2) is 33.9 Å². The number of carbonyl (C=O) groups is 1. The van der Waals surface area contributed by atoms with Crippen LogP contribution < -0.4 is 10.3 Å². The Morgan fingerprint density at radius 1 is 1.21 bits per heavy atom. The number of aromatic amines is 1. The summed E-state index contributed by atoms with van der Waals surface area (Å²) in [6.45, 7) is 4.70. The number of para-hydroxylation sites is 1. The lowest BCUT2D eigenvalue weighted by molar-refractivity contribution is -0.134. The number of nitrogens with zero attached hydrogens (tertiary/aromatic N) is 2. The fourth-order valence-corrected chi connectivity index (χ4v) is 3.31. The smallest absolute Gasteiger partial charge is 0.260 e. The van der Waals surface area contributed by atoms with Crippen LogP contribution in [0, 0.1) is 0 Å². The fourth-order valence-electron chi connectivity index (χ4n) is 3.15. The molecule has 1 amide bonds. The fraction of sp³-hybridized carbons (Fsp3) is 0.318. The number of hydrogen-bond acceptors (Lipinski definition) is 4. The van der Waals surface area contributed by atoms with Crippen LogP contribution in [0.1, 0.15) is 31.7 Å². The third kappa shape index (κ3) is 5.15. The number of carbonyl (C=O) groups excluding carboxylic acids is 1. The Hall–Kier alpha value is -2.86. The zero-order valence-electron chi connectivity index (χ0n) is 16.6. The van der Waals surface area contributed by atoms with Crippen LogP contribution in [0.5, 0.6) is 5.75 Å². The molecule has 0 aliphatic carbocycles. The molecule has 3 rings (SSSR count). The zero-order valence-corrected chi connectivity index (χ0v) is 17.3. The molecule has 0 saturated carbocycles. The van der Waals surface area contributed by atoms with Crippen molar-refractivity contribution >= 4 is 28.4 Å². The van der Waals surface area contributed by atoms with E-state index in [-0.39, 0.29) is 24.6 Å². The third-order valence-electron chi connectivity index (χ3n) is 4.61. The van der Waals surface area contributed by atoms with Crippen molar-refractivity contribution in [1.82, 2.24) is 14.9 Å². The minimum atomic E-state index is -0.251. The largest absolute Gasteiger partial charge is 0.483 e. The highest BCUT2D eigenvalue weighted by molar-refractivity contribution is 6.31. The Balaban J connectivity index is 1.76. The Morgan fingerprint density at radius 2 is 2.00 bits per heavy atom. The zero-order chi connectivity index (χ0) is 20.8. The lowest BCUT2D eigenvalue weighted by Crippen LogP contribution is -2.36. The summed E-state index contributed by atoms with van der Waals surface area (Å²) in [5.74, 6) is 0.971. The van der Waals surface area contributed by atoms with Crippen LogP contribution in [0.2, 0.25) is 5.02 Å². The lowest BCUT2D eigenvalue weighted by Gasteiger charge is -2.22. The van der Waals surface area contributed by atoms with Crippen LogP contribution in [0.4, 0.5) is 0 Å². The van der Waals surface area contributed by atoms with Crippen LogP contribution >= 0.6 is 11.6 Å². The summed E-state index contributed by atoms with van der Waals surface area (Å²) in [6.07, 6.45) is 1.61. The molecule has 0 bridgehead atoms. The predicted molar refractivity (Wildman–Crippen MR) is 114 cm³/mol. The van der Waals surface area contributed by atoms with Crippen molar-refractivity contribution in [2.75, 3.05) is 13.2 Å². The van der Waals surface area contributed by atoms with Gasteiger partial charge < -0.3 is 14.6 Å². The molecule has 0 atom stereocenters. The minimum Gasteiger partial charge on any atom is -0.483 e. The number of aromatic nitrogens is 2. The maximum absolute atomic E-state index is 12.8.